The number of hydrogen-bond acceptors (Lipinski definition) is 12. The highest BCUT2D eigenvalue weighted by Gasteiger charge is 2.75. The van der Waals surface area contributed by atoms with Gasteiger partial charge in [0.05, 0.1) is 50.1 Å². The predicted octanol–water partition coefficient (Wildman–Crippen LogP) is 6.76. The fraction of sp³-hybridized carbons (Fsp3) is 0.250. The minimum atomic E-state index is -2.13. The van der Waals surface area contributed by atoms with Gasteiger partial charge in [0.2, 0.25) is 11.8 Å². The Hall–Kier alpha value is -7.80. The molecule has 1 spiro atoms. The third-order valence-electron chi connectivity index (χ3n) is 13.1. The minimum absolute atomic E-state index is 0.0327. The van der Waals surface area contributed by atoms with Gasteiger partial charge in [-0.15, -0.1) is 0 Å². The summed E-state index contributed by atoms with van der Waals surface area (Å²) in [5.74, 6) is 3.38. The van der Waals surface area contributed by atoms with E-state index in [1.165, 1.54) is 7.11 Å². The Morgan fingerprint density at radius 1 is 0.729 bits per heavy atom. The number of ether oxygens (including phenoxy) is 5. The van der Waals surface area contributed by atoms with Crippen molar-refractivity contribution in [2.75, 3.05) is 52.1 Å². The van der Waals surface area contributed by atoms with Gasteiger partial charge in [-0.2, -0.15) is 0 Å². The second kappa shape index (κ2) is 20.8. The van der Waals surface area contributed by atoms with Crippen LogP contribution in [0.5, 0.6) is 11.5 Å². The molecule has 70 heavy (non-hydrogen) atoms. The number of morpholine rings is 1. The lowest BCUT2D eigenvalue weighted by Crippen LogP contribution is -2.56. The summed E-state index contributed by atoms with van der Waals surface area (Å²) < 4.78 is 28.8. The zero-order valence-corrected chi connectivity index (χ0v) is 38.5. The minimum Gasteiger partial charge on any atom is -0.497 e. The maximum atomic E-state index is 16.4. The van der Waals surface area contributed by atoms with Gasteiger partial charge in [0, 0.05) is 24.8 Å². The second-order valence-corrected chi connectivity index (χ2v) is 17.0. The number of carbonyl (C=O) groups is 4. The number of amides is 3. The average Bonchev–Trinajstić information content (AvgIpc) is 3.86. The van der Waals surface area contributed by atoms with Crippen LogP contribution in [0.4, 0.5) is 10.5 Å². The molecule has 0 saturated carbocycles. The lowest BCUT2D eigenvalue weighted by atomic mass is 9.65. The SMILES string of the molecule is COCCOC(=O)N1C(=O)[C@@]2(c3cc(C#Cc4ccc(OC)cc4)ccc31)[C@H](c1cccc(OCCO)c1)N1[C@H](c3ccccc3)[C@H](c3ccccc3)OC(=O)[C@H]1[C@@H]2C(=O)NC[C@H](O)c1ccccc1. The van der Waals surface area contributed by atoms with Gasteiger partial charge in [-0.3, -0.25) is 19.3 Å². The number of rotatable bonds is 14. The van der Waals surface area contributed by atoms with Crippen LogP contribution in [0.3, 0.4) is 0 Å². The molecule has 3 aliphatic heterocycles. The summed E-state index contributed by atoms with van der Waals surface area (Å²) >= 11 is 0. The number of cyclic esters (lactones) is 1. The van der Waals surface area contributed by atoms with E-state index >= 15 is 14.4 Å². The Bertz CT molecular complexity index is 2910. The summed E-state index contributed by atoms with van der Waals surface area (Å²) in [6, 6.07) is 43.0. The molecule has 356 valence electrons. The van der Waals surface area contributed by atoms with Gasteiger partial charge in [0.25, 0.3) is 0 Å². The fourth-order valence-corrected chi connectivity index (χ4v) is 10.1. The monoisotopic (exact) mass is 941 g/mol. The van der Waals surface area contributed by atoms with E-state index in [2.05, 4.69) is 17.2 Å². The highest BCUT2D eigenvalue weighted by molar-refractivity contribution is 6.23. The van der Waals surface area contributed by atoms with Crippen molar-refractivity contribution in [1.29, 1.82) is 0 Å². The van der Waals surface area contributed by atoms with Gasteiger partial charge in [0.15, 0.2) is 0 Å². The van der Waals surface area contributed by atoms with Crippen LogP contribution in [-0.4, -0.2) is 92.2 Å². The number of nitrogens with zero attached hydrogens (tertiary/aromatic N) is 2. The van der Waals surface area contributed by atoms with Gasteiger partial charge in [-0.25, -0.2) is 9.69 Å². The average molecular weight is 942 g/mol. The van der Waals surface area contributed by atoms with E-state index in [1.807, 2.05) is 77.7 Å². The molecule has 14 nitrogen and oxygen atoms in total. The quantitative estimate of drug-likeness (QED) is 0.0596. The molecule has 0 bridgehead atoms. The van der Waals surface area contributed by atoms with Crippen LogP contribution in [0.15, 0.2) is 158 Å². The summed E-state index contributed by atoms with van der Waals surface area (Å²) in [6.07, 6.45) is -3.16. The zero-order valence-electron chi connectivity index (χ0n) is 38.5. The first-order valence-electron chi connectivity index (χ1n) is 22.9. The number of aliphatic hydroxyl groups excluding tert-OH is 2. The van der Waals surface area contributed by atoms with Crippen LogP contribution < -0.4 is 19.7 Å². The van der Waals surface area contributed by atoms with Crippen molar-refractivity contribution < 1.29 is 53.1 Å². The van der Waals surface area contributed by atoms with Crippen molar-refractivity contribution in [2.24, 2.45) is 5.92 Å². The topological polar surface area (TPSA) is 173 Å². The van der Waals surface area contributed by atoms with E-state index in [0.717, 1.165) is 4.90 Å². The maximum Gasteiger partial charge on any atom is 0.421 e. The van der Waals surface area contributed by atoms with E-state index in [0.29, 0.717) is 44.9 Å². The van der Waals surface area contributed by atoms with Crippen molar-refractivity contribution in [3.63, 3.8) is 0 Å². The summed E-state index contributed by atoms with van der Waals surface area (Å²) in [5.41, 5.74) is 1.66. The van der Waals surface area contributed by atoms with Crippen LogP contribution in [0.2, 0.25) is 0 Å². The maximum absolute atomic E-state index is 16.4. The molecule has 0 aliphatic carbocycles. The number of methoxy groups -OCH3 is 2. The first kappa shape index (κ1) is 47.3. The van der Waals surface area contributed by atoms with Gasteiger partial charge in [0.1, 0.15) is 42.3 Å². The van der Waals surface area contributed by atoms with Crippen LogP contribution in [0.25, 0.3) is 0 Å². The molecular formula is C56H51N3O11. The van der Waals surface area contributed by atoms with E-state index < -0.39 is 65.5 Å². The Labute approximate surface area is 405 Å². The molecule has 14 heteroatoms. The third kappa shape index (κ3) is 8.87. The molecule has 3 aliphatic rings. The summed E-state index contributed by atoms with van der Waals surface area (Å²) in [4.78, 5) is 65.0. The molecule has 2 fully saturated rings. The molecule has 9 rings (SSSR count). The van der Waals surface area contributed by atoms with Crippen molar-refractivity contribution in [2.45, 2.75) is 35.7 Å². The molecular weight excluding hydrogens is 891 g/mol. The Kier molecular flexibility index (Phi) is 14.1. The number of hydrogen-bond donors (Lipinski definition) is 3. The Balaban J connectivity index is 1.33. The molecule has 0 aromatic heterocycles. The molecule has 3 N–H and O–H groups in total. The van der Waals surface area contributed by atoms with E-state index in [-0.39, 0.29) is 44.2 Å². The molecule has 0 radical (unpaired) electrons. The predicted molar refractivity (Wildman–Crippen MR) is 258 cm³/mol. The van der Waals surface area contributed by atoms with Gasteiger partial charge in [-0.05, 0) is 82.4 Å². The van der Waals surface area contributed by atoms with Crippen molar-refractivity contribution in [3.8, 4) is 23.3 Å². The Morgan fingerprint density at radius 2 is 1.39 bits per heavy atom. The molecule has 3 amide bonds. The number of fused-ring (bicyclic) bond motifs is 3. The standard InChI is InChI=1S/C56H51N3O11/c1-66-31-32-69-55(65)58-45-28-25-37(22-21-36-23-26-42(67-2)27-24-36)33-44(45)56(54(58)64)47(52(62)57-35-46(61)38-13-6-3-7-14-38)49-53(63)70-50(40-17-10-5-11-18-40)48(39-15-8-4-9-16-39)59(49)51(56)41-19-12-20-43(34-41)68-30-29-60/h3-20,23-28,33-34,46-51,60-61H,29-32,35H2,1-2H3,(H,57,62)/t46-,47+,48+,49+,50-,51-,56+/m0/s1. The van der Waals surface area contributed by atoms with Crippen molar-refractivity contribution in [1.82, 2.24) is 10.2 Å². The fourth-order valence-electron chi connectivity index (χ4n) is 10.1. The third-order valence-corrected chi connectivity index (χ3v) is 13.1. The van der Waals surface area contributed by atoms with E-state index in [9.17, 15) is 15.0 Å². The van der Waals surface area contributed by atoms with Crippen LogP contribution >= 0.6 is 0 Å². The molecule has 6 aromatic rings. The summed E-state index contributed by atoms with van der Waals surface area (Å²) in [6.45, 7) is -0.786. The van der Waals surface area contributed by atoms with Crippen molar-refractivity contribution >= 4 is 29.6 Å². The second-order valence-electron chi connectivity index (χ2n) is 17.0. The molecule has 7 atom stereocenters. The first-order valence-corrected chi connectivity index (χ1v) is 22.9. The molecule has 6 aromatic carbocycles. The largest absolute Gasteiger partial charge is 0.497 e. The lowest BCUT2D eigenvalue weighted by molar-refractivity contribution is -0.178. The van der Waals surface area contributed by atoms with E-state index in [4.69, 9.17) is 23.7 Å². The zero-order chi connectivity index (χ0) is 48.8. The first-order chi connectivity index (χ1) is 34.2. The van der Waals surface area contributed by atoms with Crippen LogP contribution in [0.1, 0.15) is 63.2 Å². The lowest BCUT2D eigenvalue weighted by Gasteiger charge is -2.46. The number of imide groups is 1. The van der Waals surface area contributed by atoms with Crippen molar-refractivity contribution in [3.05, 3.63) is 197 Å². The van der Waals surface area contributed by atoms with Gasteiger partial charge < -0.3 is 39.2 Å². The van der Waals surface area contributed by atoms with Crippen LogP contribution in [0, 0.1) is 17.8 Å². The highest BCUT2D eigenvalue weighted by Crippen LogP contribution is 2.66. The smallest absolute Gasteiger partial charge is 0.421 e. The molecule has 3 heterocycles. The summed E-state index contributed by atoms with van der Waals surface area (Å²) in [7, 11) is 3.02. The summed E-state index contributed by atoms with van der Waals surface area (Å²) in [5, 5.41) is 24.2. The number of aliphatic hydroxyl groups is 2. The number of nitrogens with one attached hydrogen (secondary N) is 1. The van der Waals surface area contributed by atoms with Gasteiger partial charge >= 0.3 is 12.1 Å². The highest BCUT2D eigenvalue weighted by atomic mass is 16.6. The number of benzene rings is 6. The number of esters is 1. The van der Waals surface area contributed by atoms with Gasteiger partial charge in [-0.1, -0.05) is 115 Å². The number of carbonyl (C=O) groups excluding carboxylic acids is 4. The molecule has 2 saturated heterocycles. The van der Waals surface area contributed by atoms with Crippen LogP contribution in [-0.2, 0) is 34.0 Å². The van der Waals surface area contributed by atoms with E-state index in [1.54, 1.807) is 92.0 Å². The number of anilines is 1. The molecule has 0 unspecified atom stereocenters. The normalized spacial score (nSPS) is 21.7. The Morgan fingerprint density at radius 3 is 2.07 bits per heavy atom.